The molecule has 1 saturated carbocycles. The lowest BCUT2D eigenvalue weighted by Crippen LogP contribution is -2.51. The predicted octanol–water partition coefficient (Wildman–Crippen LogP) is 2.09. The molecule has 4 rings (SSSR count). The first-order chi connectivity index (χ1) is 14.2. The van der Waals surface area contributed by atoms with Gasteiger partial charge in [0.05, 0.1) is 13.2 Å². The minimum atomic E-state index is -0.0332. The van der Waals surface area contributed by atoms with Crippen LogP contribution in [0, 0.1) is 5.92 Å². The van der Waals surface area contributed by atoms with Crippen molar-refractivity contribution in [3.05, 3.63) is 24.3 Å². The Morgan fingerprint density at radius 3 is 2.38 bits per heavy atom. The van der Waals surface area contributed by atoms with Crippen LogP contribution in [0.3, 0.4) is 0 Å². The molecule has 29 heavy (non-hydrogen) atoms. The molecular weight excluding hydrogens is 372 g/mol. The van der Waals surface area contributed by atoms with Crippen molar-refractivity contribution in [3.8, 4) is 11.5 Å². The summed E-state index contributed by atoms with van der Waals surface area (Å²) in [6.45, 7) is 2.70. The molecule has 3 aliphatic rings. The molecule has 1 aliphatic carbocycles. The summed E-state index contributed by atoms with van der Waals surface area (Å²) in [5.41, 5.74) is 0. The Morgan fingerprint density at radius 1 is 1.03 bits per heavy atom. The molecule has 7 nitrogen and oxygen atoms in total. The van der Waals surface area contributed by atoms with E-state index in [1.807, 2.05) is 4.90 Å². The lowest BCUT2D eigenvalue weighted by atomic mass is 10.0. The number of carbonyl (C=O) groups excluding carboxylic acids is 2. The second kappa shape index (κ2) is 9.03. The highest BCUT2D eigenvalue weighted by atomic mass is 16.5. The van der Waals surface area contributed by atoms with Crippen molar-refractivity contribution in [1.82, 2.24) is 9.80 Å². The van der Waals surface area contributed by atoms with Crippen molar-refractivity contribution in [2.24, 2.45) is 5.92 Å². The molecule has 2 heterocycles. The molecule has 2 saturated heterocycles. The van der Waals surface area contributed by atoms with Gasteiger partial charge in [0.15, 0.2) is 6.61 Å². The number of carbonyl (C=O) groups is 2. The first-order valence-corrected chi connectivity index (χ1v) is 10.6. The molecule has 0 radical (unpaired) electrons. The van der Waals surface area contributed by atoms with Crippen molar-refractivity contribution in [2.75, 3.05) is 40.0 Å². The van der Waals surface area contributed by atoms with E-state index in [1.54, 1.807) is 31.4 Å². The van der Waals surface area contributed by atoms with E-state index >= 15 is 0 Å². The summed E-state index contributed by atoms with van der Waals surface area (Å²) < 4.78 is 16.3. The second-order valence-electron chi connectivity index (χ2n) is 8.11. The predicted molar refractivity (Wildman–Crippen MR) is 107 cm³/mol. The third kappa shape index (κ3) is 4.83. The van der Waals surface area contributed by atoms with Gasteiger partial charge >= 0.3 is 0 Å². The molecule has 1 aromatic rings. The standard InChI is InChI=1S/C22H30N2O5/c1-27-19-4-6-20(7-5-19)29-15-21(25)23-11-8-18(14-23)24(22(26)16-2-3-16)17-9-12-28-13-10-17/h4-7,16-18H,2-3,8-15H2,1H3. The minimum Gasteiger partial charge on any atom is -0.497 e. The molecule has 2 aliphatic heterocycles. The Bertz CT molecular complexity index is 712. The van der Waals surface area contributed by atoms with E-state index in [1.165, 1.54) is 0 Å². The van der Waals surface area contributed by atoms with Crippen molar-refractivity contribution < 1.29 is 23.8 Å². The molecular formula is C22H30N2O5. The van der Waals surface area contributed by atoms with Gasteiger partial charge in [0.2, 0.25) is 5.91 Å². The van der Waals surface area contributed by atoms with Crippen LogP contribution in [0.4, 0.5) is 0 Å². The van der Waals surface area contributed by atoms with Gasteiger partial charge in [-0.15, -0.1) is 0 Å². The number of hydrogen-bond acceptors (Lipinski definition) is 5. The van der Waals surface area contributed by atoms with Gasteiger partial charge in [-0.3, -0.25) is 9.59 Å². The molecule has 158 valence electrons. The summed E-state index contributed by atoms with van der Waals surface area (Å²) in [5, 5.41) is 0. The van der Waals surface area contributed by atoms with Crippen LogP contribution in [-0.2, 0) is 14.3 Å². The quantitative estimate of drug-likeness (QED) is 0.699. The molecule has 3 fully saturated rings. The van der Waals surface area contributed by atoms with Crippen molar-refractivity contribution in [2.45, 2.75) is 44.2 Å². The topological polar surface area (TPSA) is 68.3 Å². The highest BCUT2D eigenvalue weighted by Crippen LogP contribution is 2.35. The van der Waals surface area contributed by atoms with Gasteiger partial charge in [0, 0.05) is 38.3 Å². The maximum absolute atomic E-state index is 13.0. The van der Waals surface area contributed by atoms with Crippen LogP contribution in [0.25, 0.3) is 0 Å². The van der Waals surface area contributed by atoms with E-state index in [2.05, 4.69) is 4.90 Å². The largest absolute Gasteiger partial charge is 0.497 e. The minimum absolute atomic E-state index is 0.00683. The Balaban J connectivity index is 1.33. The molecule has 0 N–H and O–H groups in total. The number of nitrogens with zero attached hydrogens (tertiary/aromatic N) is 2. The van der Waals surface area contributed by atoms with Crippen LogP contribution in [-0.4, -0.2) is 73.7 Å². The maximum atomic E-state index is 13.0. The first-order valence-electron chi connectivity index (χ1n) is 10.6. The number of likely N-dealkylation sites (tertiary alicyclic amines) is 1. The third-order valence-corrected chi connectivity index (χ3v) is 6.10. The highest BCUT2D eigenvalue weighted by Gasteiger charge is 2.42. The SMILES string of the molecule is COc1ccc(OCC(=O)N2CCC(N(C(=O)C3CC3)C3CCOCC3)C2)cc1. The monoisotopic (exact) mass is 402 g/mol. The van der Waals surface area contributed by atoms with Crippen LogP contribution in [0.15, 0.2) is 24.3 Å². The van der Waals surface area contributed by atoms with Gasteiger partial charge in [-0.05, 0) is 56.4 Å². The lowest BCUT2D eigenvalue weighted by molar-refractivity contribution is -0.141. The van der Waals surface area contributed by atoms with Crippen LogP contribution in [0.1, 0.15) is 32.1 Å². The normalized spacial score (nSPS) is 22.4. The van der Waals surface area contributed by atoms with E-state index < -0.39 is 0 Å². The zero-order valence-corrected chi connectivity index (χ0v) is 17.0. The number of rotatable bonds is 7. The average Bonchev–Trinajstić information content (AvgIpc) is 3.51. The number of methoxy groups -OCH3 is 1. The second-order valence-corrected chi connectivity index (χ2v) is 8.11. The summed E-state index contributed by atoms with van der Waals surface area (Å²) >= 11 is 0. The number of hydrogen-bond donors (Lipinski definition) is 0. The fourth-order valence-electron chi connectivity index (χ4n) is 4.27. The molecule has 7 heteroatoms. The maximum Gasteiger partial charge on any atom is 0.260 e. The van der Waals surface area contributed by atoms with Crippen LogP contribution < -0.4 is 9.47 Å². The van der Waals surface area contributed by atoms with Gasteiger partial charge in [-0.2, -0.15) is 0 Å². The fourth-order valence-corrected chi connectivity index (χ4v) is 4.27. The van der Waals surface area contributed by atoms with Crippen molar-refractivity contribution >= 4 is 11.8 Å². The van der Waals surface area contributed by atoms with Crippen LogP contribution >= 0.6 is 0 Å². The van der Waals surface area contributed by atoms with E-state index in [9.17, 15) is 9.59 Å². The Morgan fingerprint density at radius 2 is 1.72 bits per heavy atom. The van der Waals surface area contributed by atoms with E-state index in [-0.39, 0.29) is 36.4 Å². The fraction of sp³-hybridized carbons (Fsp3) is 0.636. The Labute approximate surface area is 171 Å². The van der Waals surface area contributed by atoms with Crippen molar-refractivity contribution in [3.63, 3.8) is 0 Å². The van der Waals surface area contributed by atoms with Gasteiger partial charge < -0.3 is 24.0 Å². The summed E-state index contributed by atoms with van der Waals surface area (Å²) in [7, 11) is 1.61. The molecule has 1 unspecified atom stereocenters. The van der Waals surface area contributed by atoms with E-state index in [0.29, 0.717) is 32.1 Å². The van der Waals surface area contributed by atoms with Gasteiger partial charge in [0.25, 0.3) is 5.91 Å². The Hall–Kier alpha value is -2.28. The zero-order chi connectivity index (χ0) is 20.2. The number of amides is 2. The van der Waals surface area contributed by atoms with Crippen molar-refractivity contribution in [1.29, 1.82) is 0 Å². The molecule has 0 aromatic heterocycles. The van der Waals surface area contributed by atoms with Crippen LogP contribution in [0.2, 0.25) is 0 Å². The van der Waals surface area contributed by atoms with Crippen LogP contribution in [0.5, 0.6) is 11.5 Å². The zero-order valence-electron chi connectivity index (χ0n) is 17.0. The average molecular weight is 402 g/mol. The summed E-state index contributed by atoms with van der Waals surface area (Å²) in [5.74, 6) is 1.84. The smallest absolute Gasteiger partial charge is 0.260 e. The van der Waals surface area contributed by atoms with Gasteiger partial charge in [-0.25, -0.2) is 0 Å². The first kappa shape index (κ1) is 20.0. The summed E-state index contributed by atoms with van der Waals surface area (Å²) in [4.78, 5) is 29.6. The third-order valence-electron chi connectivity index (χ3n) is 6.10. The van der Waals surface area contributed by atoms with Gasteiger partial charge in [-0.1, -0.05) is 0 Å². The lowest BCUT2D eigenvalue weighted by Gasteiger charge is -2.38. The summed E-state index contributed by atoms with van der Waals surface area (Å²) in [6, 6.07) is 7.55. The molecule has 2 amide bonds. The molecule has 0 bridgehead atoms. The highest BCUT2D eigenvalue weighted by molar-refractivity contribution is 5.82. The summed E-state index contributed by atoms with van der Waals surface area (Å²) in [6.07, 6.45) is 4.63. The Kier molecular flexibility index (Phi) is 6.23. The number of benzene rings is 1. The number of ether oxygens (including phenoxy) is 3. The molecule has 1 atom stereocenters. The van der Waals surface area contributed by atoms with E-state index in [4.69, 9.17) is 14.2 Å². The molecule has 0 spiro atoms. The molecule has 1 aromatic carbocycles. The van der Waals surface area contributed by atoms with E-state index in [0.717, 1.165) is 37.9 Å². The van der Waals surface area contributed by atoms with Gasteiger partial charge in [0.1, 0.15) is 11.5 Å².